The first-order valence-corrected chi connectivity index (χ1v) is 11.4. The molecule has 0 saturated carbocycles. The van der Waals surface area contributed by atoms with Crippen LogP contribution in [0.5, 0.6) is 0 Å². The number of anilines is 3. The van der Waals surface area contributed by atoms with Gasteiger partial charge in [-0.05, 0) is 48.2 Å². The first kappa shape index (κ1) is 20.9. The van der Waals surface area contributed by atoms with Crippen molar-refractivity contribution in [3.63, 3.8) is 0 Å². The molecule has 0 bridgehead atoms. The Hall–Kier alpha value is -2.83. The maximum Gasteiger partial charge on any atom is 0.449 e. The van der Waals surface area contributed by atoms with E-state index in [0.29, 0.717) is 11.4 Å². The molecule has 4 nitrogen and oxygen atoms in total. The van der Waals surface area contributed by atoms with Crippen molar-refractivity contribution in [2.24, 2.45) is 4.76 Å². The van der Waals surface area contributed by atoms with E-state index in [9.17, 15) is 13.2 Å². The van der Waals surface area contributed by atoms with Crippen LogP contribution < -0.4 is 15.5 Å². The average Bonchev–Trinajstić information content (AvgIpc) is 2.69. The molecule has 0 aliphatic rings. The molecule has 0 heterocycles. The van der Waals surface area contributed by atoms with Gasteiger partial charge < -0.3 is 15.5 Å². The summed E-state index contributed by atoms with van der Waals surface area (Å²) in [5.74, 6) is -1.17. The molecule has 0 aliphatic heterocycles. The topological polar surface area (TPSA) is 48.5 Å². The van der Waals surface area contributed by atoms with Crippen LogP contribution in [0.4, 0.5) is 30.2 Å². The van der Waals surface area contributed by atoms with E-state index in [0.717, 1.165) is 0 Å². The monoisotopic (exact) mass is 434 g/mol. The van der Waals surface area contributed by atoms with Gasteiger partial charge >= 0.3 is 6.18 Å². The fraction of sp³-hybridized carbons (Fsp3) is 0.0500. The van der Waals surface area contributed by atoms with Crippen molar-refractivity contribution in [2.45, 2.75) is 6.18 Å². The fourth-order valence-electron chi connectivity index (χ4n) is 2.40. The van der Waals surface area contributed by atoms with Gasteiger partial charge in [-0.1, -0.05) is 54.6 Å². The molecular formula is C20H18F3N4PS. The van der Waals surface area contributed by atoms with E-state index in [1.54, 1.807) is 78.9 Å². The van der Waals surface area contributed by atoms with Gasteiger partial charge in [-0.3, -0.25) is 0 Å². The Labute approximate surface area is 172 Å². The molecule has 0 aromatic heterocycles. The lowest BCUT2D eigenvalue weighted by Crippen LogP contribution is -2.31. The Morgan fingerprint density at radius 1 is 0.690 bits per heavy atom. The van der Waals surface area contributed by atoms with Gasteiger partial charge in [0, 0.05) is 17.1 Å². The number of halogens is 3. The third-order valence-electron chi connectivity index (χ3n) is 3.65. The minimum absolute atomic E-state index is 0.268. The summed E-state index contributed by atoms with van der Waals surface area (Å²) in [6.07, 6.45) is -4.71. The minimum Gasteiger partial charge on any atom is -0.336 e. The smallest absolute Gasteiger partial charge is 0.336 e. The lowest BCUT2D eigenvalue weighted by molar-refractivity contribution is -0.0584. The molecule has 29 heavy (non-hydrogen) atoms. The summed E-state index contributed by atoms with van der Waals surface area (Å²) in [5, 5.41) is 8.31. The van der Waals surface area contributed by atoms with Crippen LogP contribution in [0.25, 0.3) is 0 Å². The summed E-state index contributed by atoms with van der Waals surface area (Å²) in [4.78, 5) is 0. The van der Waals surface area contributed by atoms with Gasteiger partial charge in [-0.25, -0.2) is 0 Å². The first-order valence-electron chi connectivity index (χ1n) is 8.60. The molecule has 0 fully saturated rings. The quantitative estimate of drug-likeness (QED) is 0.235. The number of para-hydroxylation sites is 3. The van der Waals surface area contributed by atoms with Gasteiger partial charge in [0.05, 0.1) is 0 Å². The standard InChI is InChI=1S/C20H18F3N4PS/c21-20(22,23)19(24-16-10-4-1-5-11-16)27-28(29,25-17-12-6-2-7-13-17)26-18-14-8-3-9-15-18/h1-15H,(H3,24,25,26,27,29). The van der Waals surface area contributed by atoms with Crippen molar-refractivity contribution in [1.82, 2.24) is 0 Å². The summed E-state index contributed by atoms with van der Waals surface area (Å²) in [7, 11) is 0. The molecule has 3 aromatic rings. The van der Waals surface area contributed by atoms with Crippen molar-refractivity contribution < 1.29 is 13.2 Å². The molecule has 3 rings (SSSR count). The highest BCUT2D eigenvalue weighted by molar-refractivity contribution is 8.15. The van der Waals surface area contributed by atoms with Gasteiger partial charge in [0.25, 0.3) is 0 Å². The second-order valence-corrected chi connectivity index (χ2v) is 9.35. The number of alkyl halides is 3. The van der Waals surface area contributed by atoms with Crippen LogP contribution in [0.3, 0.4) is 0 Å². The Bertz CT molecular complexity index is 951. The average molecular weight is 434 g/mol. The zero-order chi connectivity index (χ0) is 20.7. The predicted octanol–water partition coefficient (Wildman–Crippen LogP) is 6.51. The maximum absolute atomic E-state index is 13.7. The van der Waals surface area contributed by atoms with E-state index in [-0.39, 0.29) is 5.69 Å². The number of nitrogens with one attached hydrogen (secondary N) is 3. The van der Waals surface area contributed by atoms with Crippen LogP contribution in [0.15, 0.2) is 95.8 Å². The molecule has 0 amide bonds. The highest BCUT2D eigenvalue weighted by atomic mass is 32.4. The van der Waals surface area contributed by atoms with Crippen LogP contribution in [0, 0.1) is 0 Å². The molecule has 0 aliphatic carbocycles. The molecular weight excluding hydrogens is 416 g/mol. The van der Waals surface area contributed by atoms with Gasteiger partial charge in [-0.2, -0.15) is 17.9 Å². The minimum atomic E-state index is -4.71. The lowest BCUT2D eigenvalue weighted by atomic mass is 10.3. The summed E-state index contributed by atoms with van der Waals surface area (Å²) in [6.45, 7) is -3.31. The van der Waals surface area contributed by atoms with Crippen molar-refractivity contribution in [3.05, 3.63) is 91.0 Å². The third kappa shape index (κ3) is 6.34. The Morgan fingerprint density at radius 3 is 1.45 bits per heavy atom. The Kier molecular flexibility index (Phi) is 6.56. The Balaban J connectivity index is 2.00. The molecule has 3 N–H and O–H groups in total. The van der Waals surface area contributed by atoms with Gasteiger partial charge in [0.15, 0.2) is 0 Å². The predicted molar refractivity (Wildman–Crippen MR) is 118 cm³/mol. The number of hydrogen-bond acceptors (Lipinski definition) is 1. The highest BCUT2D eigenvalue weighted by Gasteiger charge is 2.38. The van der Waals surface area contributed by atoms with E-state index < -0.39 is 18.5 Å². The number of nitrogens with zero attached hydrogens (tertiary/aromatic N) is 1. The third-order valence-corrected chi connectivity index (χ3v) is 6.05. The zero-order valence-electron chi connectivity index (χ0n) is 15.1. The van der Waals surface area contributed by atoms with Crippen molar-refractivity contribution >= 4 is 41.2 Å². The summed E-state index contributed by atoms with van der Waals surface area (Å²) < 4.78 is 45.2. The molecule has 150 valence electrons. The first-order chi connectivity index (χ1) is 13.8. The number of benzene rings is 3. The molecule has 9 heteroatoms. The summed E-state index contributed by atoms with van der Waals surface area (Å²) in [5.41, 5.74) is 1.41. The number of rotatable bonds is 6. The second-order valence-electron chi connectivity index (χ2n) is 5.97. The van der Waals surface area contributed by atoms with Crippen molar-refractivity contribution in [2.75, 3.05) is 15.5 Å². The van der Waals surface area contributed by atoms with Crippen LogP contribution in [0.2, 0.25) is 0 Å². The van der Waals surface area contributed by atoms with Crippen LogP contribution in [0.1, 0.15) is 0 Å². The molecule has 3 aromatic carbocycles. The van der Waals surface area contributed by atoms with E-state index >= 15 is 0 Å². The maximum atomic E-state index is 13.7. The van der Waals surface area contributed by atoms with Gasteiger partial charge in [-0.15, -0.1) is 0 Å². The van der Waals surface area contributed by atoms with Crippen molar-refractivity contribution in [1.29, 1.82) is 0 Å². The molecule has 0 radical (unpaired) electrons. The molecule has 0 atom stereocenters. The van der Waals surface area contributed by atoms with Crippen LogP contribution in [-0.2, 0) is 11.8 Å². The van der Waals surface area contributed by atoms with Crippen LogP contribution in [-0.4, -0.2) is 12.0 Å². The second kappa shape index (κ2) is 9.11. The summed E-state index contributed by atoms with van der Waals surface area (Å²) in [6, 6.07) is 25.6. The van der Waals surface area contributed by atoms with Crippen molar-refractivity contribution in [3.8, 4) is 0 Å². The fourth-order valence-corrected chi connectivity index (χ4v) is 4.88. The van der Waals surface area contributed by atoms with Crippen LogP contribution >= 0.6 is 6.49 Å². The lowest BCUT2D eigenvalue weighted by Gasteiger charge is -2.24. The molecule has 0 spiro atoms. The highest BCUT2D eigenvalue weighted by Crippen LogP contribution is 2.48. The Morgan fingerprint density at radius 2 is 1.07 bits per heavy atom. The van der Waals surface area contributed by atoms with E-state index in [1.807, 2.05) is 0 Å². The van der Waals surface area contributed by atoms with Gasteiger partial charge in [0.2, 0.25) is 12.3 Å². The zero-order valence-corrected chi connectivity index (χ0v) is 16.8. The normalized spacial score (nSPS) is 12.3. The summed E-state index contributed by atoms with van der Waals surface area (Å²) >= 11 is 5.59. The number of amidine groups is 1. The number of hydrogen-bond donors (Lipinski definition) is 3. The largest absolute Gasteiger partial charge is 0.449 e. The van der Waals surface area contributed by atoms with Gasteiger partial charge in [0.1, 0.15) is 0 Å². The molecule has 0 saturated heterocycles. The SMILES string of the molecule is FC(F)(F)/C(=N/P(=S)(Nc1ccccc1)Nc1ccccc1)Nc1ccccc1. The van der Waals surface area contributed by atoms with E-state index in [1.165, 1.54) is 12.1 Å². The molecule has 0 unspecified atom stereocenters. The van der Waals surface area contributed by atoms with E-state index in [4.69, 9.17) is 11.8 Å². The van der Waals surface area contributed by atoms with E-state index in [2.05, 4.69) is 20.3 Å².